The summed E-state index contributed by atoms with van der Waals surface area (Å²) in [7, 11) is 0. The Bertz CT molecular complexity index is 1430. The van der Waals surface area contributed by atoms with E-state index in [1.165, 1.54) is 0 Å². The second kappa shape index (κ2) is 15.3. The molecule has 15 heteroatoms. The zero-order chi connectivity index (χ0) is 41.8. The molecule has 0 aromatic carbocycles. The quantitative estimate of drug-likeness (QED) is 0.123. The molecule has 0 aromatic heterocycles. The summed E-state index contributed by atoms with van der Waals surface area (Å²) in [5, 5.41) is 117. The summed E-state index contributed by atoms with van der Waals surface area (Å²) < 4.78 is 23.5. The van der Waals surface area contributed by atoms with E-state index < -0.39 is 104 Å². The van der Waals surface area contributed by atoms with E-state index >= 15 is 0 Å². The van der Waals surface area contributed by atoms with Crippen molar-refractivity contribution in [1.82, 2.24) is 0 Å². The first-order valence-corrected chi connectivity index (χ1v) is 21.5. The molecule has 2 saturated heterocycles. The second-order valence-corrected chi connectivity index (χ2v) is 20.9. The van der Waals surface area contributed by atoms with Crippen LogP contribution in [0.15, 0.2) is 0 Å². The number of hydrogen-bond donors (Lipinski definition) is 11. The Hall–Kier alpha value is -0.600. The average molecular weight is 817 g/mol. The second-order valence-electron chi connectivity index (χ2n) is 20.9. The molecule has 330 valence electrons. The van der Waals surface area contributed by atoms with E-state index in [0.717, 1.165) is 38.5 Å². The van der Waals surface area contributed by atoms with Crippen molar-refractivity contribution < 1.29 is 75.1 Å². The van der Waals surface area contributed by atoms with Gasteiger partial charge in [-0.3, -0.25) is 0 Å². The van der Waals surface area contributed by atoms with Crippen LogP contribution in [0.5, 0.6) is 0 Å². The molecule has 0 amide bonds. The van der Waals surface area contributed by atoms with Crippen LogP contribution >= 0.6 is 0 Å². The minimum Gasteiger partial charge on any atom is -0.394 e. The van der Waals surface area contributed by atoms with Crippen molar-refractivity contribution in [1.29, 1.82) is 0 Å². The van der Waals surface area contributed by atoms with E-state index in [-0.39, 0.29) is 46.0 Å². The molecule has 0 radical (unpaired) electrons. The molecule has 22 atom stereocenters. The summed E-state index contributed by atoms with van der Waals surface area (Å²) in [6.07, 6.45) is -8.25. The summed E-state index contributed by atoms with van der Waals surface area (Å²) in [5.41, 5.74) is -2.51. The molecule has 7 aliphatic rings. The molecule has 2 spiro atoms. The van der Waals surface area contributed by atoms with Gasteiger partial charge in [-0.1, -0.05) is 27.7 Å². The van der Waals surface area contributed by atoms with E-state index in [1.807, 2.05) is 6.92 Å². The van der Waals surface area contributed by atoms with Gasteiger partial charge in [0.15, 0.2) is 12.6 Å². The van der Waals surface area contributed by atoms with Crippen LogP contribution in [0.25, 0.3) is 0 Å². The van der Waals surface area contributed by atoms with Gasteiger partial charge in [0.05, 0.1) is 43.7 Å². The molecule has 2 heterocycles. The van der Waals surface area contributed by atoms with Gasteiger partial charge in [-0.25, -0.2) is 0 Å². The highest BCUT2D eigenvalue weighted by molar-refractivity contribution is 5.32. The molecule has 5 aliphatic carbocycles. The molecule has 5 unspecified atom stereocenters. The van der Waals surface area contributed by atoms with Crippen LogP contribution in [0.3, 0.4) is 0 Å². The molecule has 0 bridgehead atoms. The largest absolute Gasteiger partial charge is 0.394 e. The summed E-state index contributed by atoms with van der Waals surface area (Å²) in [5.74, 6) is 0.571. The third kappa shape index (κ3) is 6.71. The number of rotatable bonds is 12. The Labute approximate surface area is 336 Å². The molecular formula is C42H72O15. The van der Waals surface area contributed by atoms with Gasteiger partial charge in [-0.15, -0.1) is 0 Å². The van der Waals surface area contributed by atoms with Crippen LogP contribution < -0.4 is 0 Å². The van der Waals surface area contributed by atoms with Gasteiger partial charge in [0, 0.05) is 5.41 Å². The molecule has 15 nitrogen and oxygen atoms in total. The fraction of sp³-hybridized carbons (Fsp3) is 1.00. The van der Waals surface area contributed by atoms with Crippen molar-refractivity contribution in [2.75, 3.05) is 19.8 Å². The van der Waals surface area contributed by atoms with Crippen LogP contribution in [-0.2, 0) is 18.9 Å². The smallest absolute Gasteiger partial charge is 0.187 e. The molecule has 0 aromatic rings. The topological polar surface area (TPSA) is 259 Å². The molecule has 11 N–H and O–H groups in total. The van der Waals surface area contributed by atoms with E-state index in [2.05, 4.69) is 20.8 Å². The summed E-state index contributed by atoms with van der Waals surface area (Å²) in [6, 6.07) is 0. The standard InChI is InChI=1S/C42H72O15/c1-20(7-8-27(37(2,3)53)57-36-33(52)31(50)29(48)24(17-44)56-36)21-9-11-40(6)34-22(45)15-25-38(4,19-54-35-32(51)30(49)28(47)23(16-43)55-35)26(46)10-12-41(25)18-42(34,41)14-13-39(21,40)5/h20-36,43-53H,7-19H2,1-6H3/t20-,21?,22+,23-,24-,25?,26+,27-,28-,29-,30+,31+,32-,33-,34?,35-,36+,38-,39-,40+,41?,42?/m1/s1. The minimum atomic E-state index is -1.58. The zero-order valence-corrected chi connectivity index (χ0v) is 34.6. The maximum atomic E-state index is 12.4. The fourth-order valence-corrected chi connectivity index (χ4v) is 14.3. The lowest BCUT2D eigenvalue weighted by Gasteiger charge is -2.64. The molecule has 2 aliphatic heterocycles. The van der Waals surface area contributed by atoms with Gasteiger partial charge >= 0.3 is 0 Å². The lowest BCUT2D eigenvalue weighted by molar-refractivity contribution is -0.322. The Morgan fingerprint density at radius 3 is 1.89 bits per heavy atom. The van der Waals surface area contributed by atoms with Crippen LogP contribution in [-0.4, -0.2) is 161 Å². The Morgan fingerprint density at radius 2 is 1.30 bits per heavy atom. The van der Waals surface area contributed by atoms with Crippen LogP contribution in [0.2, 0.25) is 0 Å². The van der Waals surface area contributed by atoms with Gasteiger partial charge in [0.25, 0.3) is 0 Å². The van der Waals surface area contributed by atoms with E-state index in [1.54, 1.807) is 13.8 Å². The summed E-state index contributed by atoms with van der Waals surface area (Å²) >= 11 is 0. The Balaban J connectivity index is 1.05. The number of ether oxygens (including phenoxy) is 4. The summed E-state index contributed by atoms with van der Waals surface area (Å²) in [4.78, 5) is 0. The highest BCUT2D eigenvalue weighted by Gasteiger charge is 2.84. The van der Waals surface area contributed by atoms with Crippen molar-refractivity contribution in [3.8, 4) is 0 Å². The Morgan fingerprint density at radius 1 is 0.702 bits per heavy atom. The first kappa shape index (κ1) is 44.5. The third-order valence-electron chi connectivity index (χ3n) is 17.8. The van der Waals surface area contributed by atoms with Crippen molar-refractivity contribution >= 4 is 0 Å². The van der Waals surface area contributed by atoms with Crippen LogP contribution in [0.1, 0.15) is 106 Å². The van der Waals surface area contributed by atoms with Gasteiger partial charge in [0.2, 0.25) is 0 Å². The van der Waals surface area contributed by atoms with Crippen LogP contribution in [0, 0.1) is 50.7 Å². The number of fused-ring (bicyclic) bond motifs is 2. The summed E-state index contributed by atoms with van der Waals surface area (Å²) in [6.45, 7) is 11.2. The SMILES string of the molecule is C[C@H](CC[C@@H](O[C@@H]1O[C@H](CO)[C@@H](O)[C@H](O)[C@H]1O)C(C)(C)O)C1CC[C@@]2(C)C3[C@@H](O)CC4C5(CC[C@H](O)[C@]4(C)CO[C@@H]4O[C@H](CO)[C@@H](O)[C@H](O)[C@H]4O)CC35CC[C@]12C. The lowest BCUT2D eigenvalue weighted by Crippen LogP contribution is -2.63. The lowest BCUT2D eigenvalue weighted by atomic mass is 9.41. The van der Waals surface area contributed by atoms with Gasteiger partial charge in [-0.05, 0) is 123 Å². The van der Waals surface area contributed by atoms with Crippen molar-refractivity contribution in [3.05, 3.63) is 0 Å². The Kier molecular flexibility index (Phi) is 12.0. The highest BCUT2D eigenvalue weighted by atomic mass is 16.7. The maximum Gasteiger partial charge on any atom is 0.187 e. The highest BCUT2D eigenvalue weighted by Crippen LogP contribution is 2.89. The zero-order valence-electron chi connectivity index (χ0n) is 34.6. The number of hydrogen-bond acceptors (Lipinski definition) is 15. The number of aliphatic hydroxyl groups excluding tert-OH is 10. The van der Waals surface area contributed by atoms with E-state index in [0.29, 0.717) is 31.6 Å². The van der Waals surface area contributed by atoms with Crippen molar-refractivity contribution in [2.24, 2.45) is 50.7 Å². The van der Waals surface area contributed by atoms with Gasteiger partial charge in [0.1, 0.15) is 48.8 Å². The predicted molar refractivity (Wildman–Crippen MR) is 202 cm³/mol. The first-order valence-electron chi connectivity index (χ1n) is 21.5. The fourth-order valence-electron chi connectivity index (χ4n) is 14.3. The molecular weight excluding hydrogens is 744 g/mol. The van der Waals surface area contributed by atoms with Gasteiger partial charge < -0.3 is 75.1 Å². The maximum absolute atomic E-state index is 12.4. The average Bonchev–Trinajstić information content (AvgIpc) is 3.73. The predicted octanol–water partition coefficient (Wildman–Crippen LogP) is -0.0739. The van der Waals surface area contributed by atoms with Crippen LogP contribution in [0.4, 0.5) is 0 Å². The van der Waals surface area contributed by atoms with E-state index in [9.17, 15) is 56.2 Å². The third-order valence-corrected chi connectivity index (χ3v) is 17.8. The molecule has 7 fully saturated rings. The van der Waals surface area contributed by atoms with Crippen molar-refractivity contribution in [2.45, 2.75) is 191 Å². The van der Waals surface area contributed by atoms with Gasteiger partial charge in [-0.2, -0.15) is 0 Å². The normalized spacial score (nSPS) is 54.6. The molecule has 57 heavy (non-hydrogen) atoms. The number of aliphatic hydroxyl groups is 11. The molecule has 5 saturated carbocycles. The van der Waals surface area contributed by atoms with E-state index in [4.69, 9.17) is 18.9 Å². The monoisotopic (exact) mass is 816 g/mol. The first-order chi connectivity index (χ1) is 26.6. The minimum absolute atomic E-state index is 0.0110. The molecule has 7 rings (SSSR count). The van der Waals surface area contributed by atoms with Crippen molar-refractivity contribution in [3.63, 3.8) is 0 Å².